The van der Waals surface area contributed by atoms with Gasteiger partial charge in [0, 0.05) is 28.1 Å². The Hall–Kier alpha value is -2.06. The van der Waals surface area contributed by atoms with Crippen molar-refractivity contribution in [3.8, 4) is 5.75 Å². The highest BCUT2D eigenvalue weighted by Gasteiger charge is 2.55. The molecule has 1 atom stereocenters. The molecule has 24 heavy (non-hydrogen) atoms. The lowest BCUT2D eigenvalue weighted by atomic mass is 10.0. The monoisotopic (exact) mass is 357 g/mol. The predicted molar refractivity (Wildman–Crippen MR) is 83.2 cm³/mol. The highest BCUT2D eigenvalue weighted by molar-refractivity contribution is 7.10. The molecule has 2 aromatic rings. The third-order valence-corrected chi connectivity index (χ3v) is 4.90. The van der Waals surface area contributed by atoms with Crippen LogP contribution in [0.1, 0.15) is 22.9 Å². The summed E-state index contributed by atoms with van der Waals surface area (Å²) >= 11 is 1.52. The van der Waals surface area contributed by atoms with E-state index >= 15 is 0 Å². The minimum atomic E-state index is -5.07. The average Bonchev–Trinajstić information content (AvgIpc) is 2.86. The number of benzene rings is 1. The van der Waals surface area contributed by atoms with Crippen LogP contribution in [0.2, 0.25) is 0 Å². The molecule has 0 aliphatic carbocycles. The highest BCUT2D eigenvalue weighted by Crippen LogP contribution is 2.37. The average molecular weight is 357 g/mol. The Morgan fingerprint density at radius 2 is 2.08 bits per heavy atom. The first-order valence-corrected chi connectivity index (χ1v) is 7.98. The van der Waals surface area contributed by atoms with Crippen LogP contribution in [0.15, 0.2) is 29.6 Å². The van der Waals surface area contributed by atoms with Gasteiger partial charge in [-0.25, -0.2) is 0 Å². The number of rotatable bonds is 2. The van der Waals surface area contributed by atoms with Crippen molar-refractivity contribution in [2.75, 3.05) is 5.32 Å². The van der Waals surface area contributed by atoms with Gasteiger partial charge in [-0.15, -0.1) is 11.3 Å². The maximum absolute atomic E-state index is 12.8. The standard InChI is InChI=1S/C16H14F3NO3S/c1-15(22,16(17,18)19)14(21)20-11-3-2-4-12-10(11)7-13-9(8-23-12)5-6-24-13/h2-6,22H,7-8H2,1H3,(H,20,21)/t15-/m0/s1. The van der Waals surface area contributed by atoms with Crippen molar-refractivity contribution in [1.29, 1.82) is 0 Å². The molecule has 1 aromatic heterocycles. The van der Waals surface area contributed by atoms with Gasteiger partial charge in [0.15, 0.2) is 0 Å². The molecule has 0 spiro atoms. The Morgan fingerprint density at radius 3 is 2.79 bits per heavy atom. The van der Waals surface area contributed by atoms with Crippen LogP contribution in [0.25, 0.3) is 0 Å². The number of hydrogen-bond acceptors (Lipinski definition) is 4. The molecule has 8 heteroatoms. The molecular weight excluding hydrogens is 343 g/mol. The molecule has 3 rings (SSSR count). The molecule has 4 nitrogen and oxygen atoms in total. The Bertz CT molecular complexity index is 783. The highest BCUT2D eigenvalue weighted by atomic mass is 32.1. The number of halogens is 3. The zero-order chi connectivity index (χ0) is 17.5. The van der Waals surface area contributed by atoms with Gasteiger partial charge in [-0.05, 0) is 30.5 Å². The molecule has 1 aliphatic heterocycles. The van der Waals surface area contributed by atoms with E-state index < -0.39 is 17.7 Å². The SMILES string of the molecule is C[C@](O)(C(=O)Nc1cccc2c1Cc1sccc1CO2)C(F)(F)F. The molecule has 1 aromatic carbocycles. The number of hydrogen-bond donors (Lipinski definition) is 2. The Labute approximate surface area is 139 Å². The summed E-state index contributed by atoms with van der Waals surface area (Å²) < 4.78 is 44.1. The summed E-state index contributed by atoms with van der Waals surface area (Å²) in [6.45, 7) is 0.793. The van der Waals surface area contributed by atoms with E-state index in [1.807, 2.05) is 11.4 Å². The summed E-state index contributed by atoms with van der Waals surface area (Å²) in [5, 5.41) is 13.6. The first-order valence-electron chi connectivity index (χ1n) is 7.10. The van der Waals surface area contributed by atoms with Gasteiger partial charge in [-0.2, -0.15) is 13.2 Å². The third kappa shape index (κ3) is 2.87. The van der Waals surface area contributed by atoms with E-state index in [-0.39, 0.29) is 5.69 Å². The van der Waals surface area contributed by atoms with Crippen LogP contribution in [-0.4, -0.2) is 22.8 Å². The minimum absolute atomic E-state index is 0.197. The summed E-state index contributed by atoms with van der Waals surface area (Å²) in [5.74, 6) is -1.03. The molecule has 1 amide bonds. The fraction of sp³-hybridized carbons (Fsp3) is 0.312. The van der Waals surface area contributed by atoms with E-state index in [1.54, 1.807) is 12.1 Å². The van der Waals surface area contributed by atoms with Gasteiger partial charge >= 0.3 is 6.18 Å². The van der Waals surface area contributed by atoms with Gasteiger partial charge in [-0.3, -0.25) is 4.79 Å². The molecule has 128 valence electrons. The van der Waals surface area contributed by atoms with Crippen molar-refractivity contribution in [1.82, 2.24) is 0 Å². The van der Waals surface area contributed by atoms with Gasteiger partial charge in [0.2, 0.25) is 5.60 Å². The largest absolute Gasteiger partial charge is 0.488 e. The lowest BCUT2D eigenvalue weighted by Gasteiger charge is -2.25. The predicted octanol–water partition coefficient (Wildman–Crippen LogP) is 3.48. The van der Waals surface area contributed by atoms with Gasteiger partial charge in [-0.1, -0.05) is 6.07 Å². The summed E-state index contributed by atoms with van der Waals surface area (Å²) in [6.07, 6.45) is -4.63. The normalized spacial score (nSPS) is 16.2. The molecular formula is C16H14F3NO3S. The van der Waals surface area contributed by atoms with Crippen LogP contribution >= 0.6 is 11.3 Å². The number of carbonyl (C=O) groups excluding carboxylic acids is 1. The number of ether oxygens (including phenoxy) is 1. The number of alkyl halides is 3. The Kier molecular flexibility index (Phi) is 4.05. The molecule has 0 saturated carbocycles. The molecule has 2 heterocycles. The lowest BCUT2D eigenvalue weighted by Crippen LogP contribution is -2.52. The van der Waals surface area contributed by atoms with Crippen LogP contribution in [0, 0.1) is 0 Å². The first kappa shape index (κ1) is 16.8. The third-order valence-electron chi connectivity index (χ3n) is 3.93. The van der Waals surface area contributed by atoms with Crippen molar-refractivity contribution >= 4 is 22.9 Å². The molecule has 0 saturated heterocycles. The second-order valence-electron chi connectivity index (χ2n) is 5.64. The molecule has 0 bridgehead atoms. The molecule has 0 radical (unpaired) electrons. The van der Waals surface area contributed by atoms with Crippen molar-refractivity contribution in [3.05, 3.63) is 45.6 Å². The number of amides is 1. The quantitative estimate of drug-likeness (QED) is 0.865. The second kappa shape index (κ2) is 5.78. The number of thiophene rings is 1. The van der Waals surface area contributed by atoms with Crippen molar-refractivity contribution < 1.29 is 27.8 Å². The summed E-state index contributed by atoms with van der Waals surface area (Å²) in [6, 6.07) is 6.70. The maximum Gasteiger partial charge on any atom is 0.426 e. The van der Waals surface area contributed by atoms with E-state index in [9.17, 15) is 23.1 Å². The van der Waals surface area contributed by atoms with Gasteiger partial charge in [0.05, 0.1) is 0 Å². The molecule has 0 fully saturated rings. The first-order chi connectivity index (χ1) is 11.2. The maximum atomic E-state index is 12.8. The lowest BCUT2D eigenvalue weighted by molar-refractivity contribution is -0.242. The number of aliphatic hydroxyl groups is 1. The van der Waals surface area contributed by atoms with Crippen molar-refractivity contribution in [3.63, 3.8) is 0 Å². The van der Waals surface area contributed by atoms with Gasteiger partial charge < -0.3 is 15.2 Å². The molecule has 0 unspecified atom stereocenters. The zero-order valence-corrected chi connectivity index (χ0v) is 13.4. The van der Waals surface area contributed by atoms with Crippen LogP contribution in [0.3, 0.4) is 0 Å². The fourth-order valence-electron chi connectivity index (χ4n) is 2.34. The fourth-order valence-corrected chi connectivity index (χ4v) is 3.24. The van der Waals surface area contributed by atoms with Crippen LogP contribution in [0.4, 0.5) is 18.9 Å². The molecule has 2 N–H and O–H groups in total. The van der Waals surface area contributed by atoms with E-state index in [4.69, 9.17) is 4.74 Å². The number of nitrogens with one attached hydrogen (secondary N) is 1. The number of carbonyl (C=O) groups is 1. The van der Waals surface area contributed by atoms with Crippen LogP contribution in [-0.2, 0) is 17.8 Å². The Morgan fingerprint density at radius 1 is 1.33 bits per heavy atom. The number of anilines is 1. The minimum Gasteiger partial charge on any atom is -0.488 e. The van der Waals surface area contributed by atoms with E-state index in [0.717, 1.165) is 10.4 Å². The van der Waals surface area contributed by atoms with Crippen molar-refractivity contribution in [2.45, 2.75) is 31.7 Å². The molecule has 1 aliphatic rings. The van der Waals surface area contributed by atoms with E-state index in [1.165, 1.54) is 17.4 Å². The zero-order valence-electron chi connectivity index (χ0n) is 12.6. The summed E-state index contributed by atoms with van der Waals surface area (Å²) in [5.41, 5.74) is -1.68. The summed E-state index contributed by atoms with van der Waals surface area (Å²) in [7, 11) is 0. The summed E-state index contributed by atoms with van der Waals surface area (Å²) in [4.78, 5) is 13.0. The second-order valence-corrected chi connectivity index (χ2v) is 6.64. The van der Waals surface area contributed by atoms with Gasteiger partial charge in [0.25, 0.3) is 5.91 Å². The van der Waals surface area contributed by atoms with Gasteiger partial charge in [0.1, 0.15) is 12.4 Å². The van der Waals surface area contributed by atoms with Crippen LogP contribution in [0.5, 0.6) is 5.75 Å². The number of fused-ring (bicyclic) bond motifs is 2. The van der Waals surface area contributed by atoms with E-state index in [2.05, 4.69) is 5.32 Å². The van der Waals surface area contributed by atoms with Crippen molar-refractivity contribution in [2.24, 2.45) is 0 Å². The Balaban J connectivity index is 1.93. The topological polar surface area (TPSA) is 58.6 Å². The van der Waals surface area contributed by atoms with E-state index in [0.29, 0.717) is 31.3 Å². The van der Waals surface area contributed by atoms with Crippen LogP contribution < -0.4 is 10.1 Å². The smallest absolute Gasteiger partial charge is 0.426 e.